The third kappa shape index (κ3) is 5.24. The number of nitrogens with two attached hydrogens (primary N) is 1. The lowest BCUT2D eigenvalue weighted by atomic mass is 10.1. The summed E-state index contributed by atoms with van der Waals surface area (Å²) in [5, 5.41) is 10.8. The number of anilines is 1. The van der Waals surface area contributed by atoms with Crippen LogP contribution >= 0.6 is 11.6 Å². The zero-order chi connectivity index (χ0) is 16.9. The van der Waals surface area contributed by atoms with Crippen molar-refractivity contribution < 1.29 is 13.2 Å². The van der Waals surface area contributed by atoms with Crippen molar-refractivity contribution in [3.8, 4) is 0 Å². The van der Waals surface area contributed by atoms with E-state index >= 15 is 0 Å². The van der Waals surface area contributed by atoms with E-state index in [9.17, 15) is 13.2 Å². The number of sulfonamides is 1. The van der Waals surface area contributed by atoms with Crippen molar-refractivity contribution in [2.24, 2.45) is 5.14 Å². The van der Waals surface area contributed by atoms with Gasteiger partial charge in [-0.05, 0) is 36.2 Å². The predicted molar refractivity (Wildman–Crippen MR) is 90.0 cm³/mol. The first-order valence-corrected chi connectivity index (χ1v) is 8.70. The Bertz CT molecular complexity index is 792. The Labute approximate surface area is 139 Å². The van der Waals surface area contributed by atoms with E-state index < -0.39 is 10.0 Å². The quantitative estimate of drug-likeness (QED) is 0.768. The first-order valence-electron chi connectivity index (χ1n) is 6.77. The highest BCUT2D eigenvalue weighted by molar-refractivity contribution is 7.89. The fourth-order valence-electron chi connectivity index (χ4n) is 1.90. The summed E-state index contributed by atoms with van der Waals surface area (Å²) in [7, 11) is -3.68. The minimum Gasteiger partial charge on any atom is -0.338 e. The molecule has 0 bridgehead atoms. The Morgan fingerprint density at radius 2 is 1.74 bits per heavy atom. The van der Waals surface area contributed by atoms with Crippen LogP contribution in [0.1, 0.15) is 5.56 Å². The molecule has 23 heavy (non-hydrogen) atoms. The van der Waals surface area contributed by atoms with Gasteiger partial charge in [-0.15, -0.1) is 0 Å². The summed E-state index contributed by atoms with van der Waals surface area (Å²) in [5.41, 5.74) is 1.42. The summed E-state index contributed by atoms with van der Waals surface area (Å²) in [6.45, 7) is 0.394. The second-order valence-electron chi connectivity index (χ2n) is 4.80. The Hall–Kier alpha value is -2.09. The fraction of sp³-hybridized carbons (Fsp3) is 0.133. The van der Waals surface area contributed by atoms with Crippen LogP contribution in [-0.4, -0.2) is 21.0 Å². The topological polar surface area (TPSA) is 101 Å². The van der Waals surface area contributed by atoms with Crippen molar-refractivity contribution in [2.75, 3.05) is 11.9 Å². The number of benzene rings is 2. The molecule has 0 fully saturated rings. The lowest BCUT2D eigenvalue weighted by molar-refractivity contribution is 0.252. The maximum atomic E-state index is 11.8. The highest BCUT2D eigenvalue weighted by atomic mass is 35.5. The fourth-order valence-corrected chi connectivity index (χ4v) is 2.59. The summed E-state index contributed by atoms with van der Waals surface area (Å²) in [4.78, 5) is 11.8. The summed E-state index contributed by atoms with van der Waals surface area (Å²) in [6, 6.07) is 12.8. The molecule has 0 radical (unpaired) electrons. The lowest BCUT2D eigenvalue weighted by Gasteiger charge is -2.09. The molecule has 0 spiro atoms. The van der Waals surface area contributed by atoms with Crippen LogP contribution in [-0.2, 0) is 16.4 Å². The highest BCUT2D eigenvalue weighted by Gasteiger charge is 2.07. The molecular weight excluding hydrogens is 338 g/mol. The van der Waals surface area contributed by atoms with Crippen molar-refractivity contribution in [3.05, 3.63) is 59.1 Å². The van der Waals surface area contributed by atoms with Gasteiger partial charge in [-0.3, -0.25) is 0 Å². The van der Waals surface area contributed by atoms with E-state index in [-0.39, 0.29) is 10.9 Å². The average Bonchev–Trinajstić information content (AvgIpc) is 2.49. The Morgan fingerprint density at radius 3 is 2.35 bits per heavy atom. The molecule has 0 aliphatic rings. The van der Waals surface area contributed by atoms with E-state index in [1.807, 2.05) is 0 Å². The van der Waals surface area contributed by atoms with Gasteiger partial charge in [0.2, 0.25) is 10.0 Å². The number of nitrogens with one attached hydrogen (secondary N) is 2. The van der Waals surface area contributed by atoms with Gasteiger partial charge in [0.25, 0.3) is 0 Å². The van der Waals surface area contributed by atoms with Gasteiger partial charge in [0, 0.05) is 6.54 Å². The van der Waals surface area contributed by atoms with Gasteiger partial charge in [-0.1, -0.05) is 35.9 Å². The standard InChI is InChI=1S/C15H16ClN3O3S/c16-13-3-1-2-4-14(13)19-15(20)18-10-9-11-5-7-12(8-6-11)23(17,21)22/h1-8H,9-10H2,(H2,17,21,22)(H2,18,19,20). The van der Waals surface area contributed by atoms with Gasteiger partial charge < -0.3 is 10.6 Å². The average molecular weight is 354 g/mol. The first kappa shape index (κ1) is 17.3. The van der Waals surface area contributed by atoms with Gasteiger partial charge in [-0.2, -0.15) is 0 Å². The molecule has 0 aliphatic carbocycles. The van der Waals surface area contributed by atoms with Crippen LogP contribution in [0.5, 0.6) is 0 Å². The van der Waals surface area contributed by atoms with E-state index in [0.717, 1.165) is 5.56 Å². The Kier molecular flexibility index (Phi) is 5.59. The summed E-state index contributed by atoms with van der Waals surface area (Å²) < 4.78 is 22.3. The largest absolute Gasteiger partial charge is 0.338 e. The van der Waals surface area contributed by atoms with Gasteiger partial charge in [0.05, 0.1) is 15.6 Å². The van der Waals surface area contributed by atoms with Crippen LogP contribution in [0.2, 0.25) is 5.02 Å². The smallest absolute Gasteiger partial charge is 0.319 e. The molecule has 2 amide bonds. The maximum absolute atomic E-state index is 11.8. The second kappa shape index (κ2) is 7.45. The molecule has 2 aromatic carbocycles. The molecule has 2 rings (SSSR count). The molecule has 0 aromatic heterocycles. The van der Waals surface area contributed by atoms with Crippen LogP contribution in [0, 0.1) is 0 Å². The van der Waals surface area contributed by atoms with Gasteiger partial charge in [0.1, 0.15) is 0 Å². The third-order valence-corrected chi connectivity index (χ3v) is 4.33. The molecule has 0 aliphatic heterocycles. The number of carbonyl (C=O) groups excluding carboxylic acids is 1. The number of hydrogen-bond donors (Lipinski definition) is 3. The molecule has 4 N–H and O–H groups in total. The van der Waals surface area contributed by atoms with E-state index in [1.54, 1.807) is 36.4 Å². The molecule has 0 saturated carbocycles. The summed E-state index contributed by atoms with van der Waals surface area (Å²) in [6.07, 6.45) is 0.556. The van der Waals surface area contributed by atoms with Crippen LogP contribution in [0.3, 0.4) is 0 Å². The van der Waals surface area contributed by atoms with E-state index in [2.05, 4.69) is 10.6 Å². The van der Waals surface area contributed by atoms with E-state index in [4.69, 9.17) is 16.7 Å². The molecular formula is C15H16ClN3O3S. The van der Waals surface area contributed by atoms with E-state index in [1.165, 1.54) is 12.1 Å². The van der Waals surface area contributed by atoms with E-state index in [0.29, 0.717) is 23.7 Å². The molecule has 2 aromatic rings. The molecule has 0 saturated heterocycles. The normalized spacial score (nSPS) is 11.0. The number of primary sulfonamides is 1. The van der Waals surface area contributed by atoms with Gasteiger partial charge in [-0.25, -0.2) is 18.4 Å². The van der Waals surface area contributed by atoms with Crippen LogP contribution in [0.4, 0.5) is 10.5 Å². The third-order valence-electron chi connectivity index (χ3n) is 3.07. The second-order valence-corrected chi connectivity index (χ2v) is 6.77. The molecule has 8 heteroatoms. The minimum absolute atomic E-state index is 0.0608. The SMILES string of the molecule is NS(=O)(=O)c1ccc(CCNC(=O)Nc2ccccc2Cl)cc1. The number of halogens is 1. The summed E-state index contributed by atoms with van der Waals surface area (Å²) in [5.74, 6) is 0. The molecule has 122 valence electrons. The number of para-hydroxylation sites is 1. The maximum Gasteiger partial charge on any atom is 0.319 e. The Morgan fingerprint density at radius 1 is 1.09 bits per heavy atom. The molecule has 0 atom stereocenters. The van der Waals surface area contributed by atoms with Crippen molar-refractivity contribution >= 4 is 33.3 Å². The predicted octanol–water partition coefficient (Wildman–Crippen LogP) is 2.35. The molecule has 0 heterocycles. The number of hydrogen-bond acceptors (Lipinski definition) is 3. The Balaban J connectivity index is 1.83. The van der Waals surface area contributed by atoms with Crippen molar-refractivity contribution in [2.45, 2.75) is 11.3 Å². The first-order chi connectivity index (χ1) is 10.9. The van der Waals surface area contributed by atoms with Crippen molar-refractivity contribution in [3.63, 3.8) is 0 Å². The van der Waals surface area contributed by atoms with Crippen LogP contribution < -0.4 is 15.8 Å². The van der Waals surface area contributed by atoms with Crippen molar-refractivity contribution in [1.82, 2.24) is 5.32 Å². The number of rotatable bonds is 5. The van der Waals surface area contributed by atoms with Crippen LogP contribution in [0.15, 0.2) is 53.4 Å². The lowest BCUT2D eigenvalue weighted by Crippen LogP contribution is -2.30. The zero-order valence-corrected chi connectivity index (χ0v) is 13.7. The number of amides is 2. The highest BCUT2D eigenvalue weighted by Crippen LogP contribution is 2.20. The van der Waals surface area contributed by atoms with Crippen LogP contribution in [0.25, 0.3) is 0 Å². The number of urea groups is 1. The minimum atomic E-state index is -3.68. The summed E-state index contributed by atoms with van der Waals surface area (Å²) >= 11 is 5.95. The zero-order valence-electron chi connectivity index (χ0n) is 12.1. The van der Waals surface area contributed by atoms with Crippen molar-refractivity contribution in [1.29, 1.82) is 0 Å². The molecule has 6 nitrogen and oxygen atoms in total. The number of carbonyl (C=O) groups is 1. The molecule has 0 unspecified atom stereocenters. The van der Waals surface area contributed by atoms with Gasteiger partial charge in [0.15, 0.2) is 0 Å². The van der Waals surface area contributed by atoms with Gasteiger partial charge >= 0.3 is 6.03 Å². The monoisotopic (exact) mass is 353 g/mol.